The van der Waals surface area contributed by atoms with Gasteiger partial charge in [-0.1, -0.05) is 41.9 Å². The lowest BCUT2D eigenvalue weighted by atomic mass is 10.1. The van der Waals surface area contributed by atoms with Gasteiger partial charge < -0.3 is 14.5 Å². The van der Waals surface area contributed by atoms with Crippen LogP contribution in [-0.4, -0.2) is 13.2 Å². The second-order valence-electron chi connectivity index (χ2n) is 6.62. The Morgan fingerprint density at radius 1 is 0.852 bits per heavy atom. The molecule has 0 spiro atoms. The summed E-state index contributed by atoms with van der Waals surface area (Å²) in [7, 11) is 0. The van der Waals surface area contributed by atoms with Gasteiger partial charge in [-0.15, -0.1) is 0 Å². The van der Waals surface area contributed by atoms with E-state index in [0.717, 1.165) is 53.6 Å². The molecule has 1 N–H and O–H groups in total. The standard InChI is InChI=1S/C23H22ClNO2/c24-18-8-10-20-21-11-9-19(15-23(21)27-22(20)14-18)26-13-5-4-12-25-16-17-6-2-1-3-7-17/h1-3,6-11,14-15,25H,4-5,12-13,16H2. The molecule has 1 heterocycles. The molecule has 1 aromatic heterocycles. The van der Waals surface area contributed by atoms with Gasteiger partial charge in [-0.3, -0.25) is 0 Å². The Balaban J connectivity index is 1.25. The first-order valence-corrected chi connectivity index (χ1v) is 9.67. The minimum atomic E-state index is 0.680. The molecule has 3 aromatic carbocycles. The Labute approximate surface area is 163 Å². The van der Waals surface area contributed by atoms with Crippen LogP contribution in [0.25, 0.3) is 21.9 Å². The fourth-order valence-corrected chi connectivity index (χ4v) is 3.35. The van der Waals surface area contributed by atoms with Gasteiger partial charge in [-0.05, 0) is 49.2 Å². The minimum absolute atomic E-state index is 0.680. The number of halogens is 1. The Bertz CT molecular complexity index is 1030. The molecular weight excluding hydrogens is 358 g/mol. The minimum Gasteiger partial charge on any atom is -0.493 e. The molecular formula is C23H22ClNO2. The van der Waals surface area contributed by atoms with Crippen LogP contribution in [0.2, 0.25) is 5.02 Å². The average molecular weight is 380 g/mol. The highest BCUT2D eigenvalue weighted by Crippen LogP contribution is 2.32. The molecule has 4 heteroatoms. The predicted octanol–water partition coefficient (Wildman–Crippen LogP) is 6.19. The SMILES string of the molecule is Clc1ccc2c(c1)oc1cc(OCCCCNCc3ccccc3)ccc12. The van der Waals surface area contributed by atoms with Crippen LogP contribution in [-0.2, 0) is 6.54 Å². The van der Waals surface area contributed by atoms with Crippen molar-refractivity contribution >= 4 is 33.5 Å². The number of fused-ring (bicyclic) bond motifs is 3. The van der Waals surface area contributed by atoms with Crippen molar-refractivity contribution in [3.05, 3.63) is 77.3 Å². The summed E-state index contributed by atoms with van der Waals surface area (Å²) in [5, 5.41) is 6.30. The smallest absolute Gasteiger partial charge is 0.139 e. The zero-order chi connectivity index (χ0) is 18.5. The molecule has 0 unspecified atom stereocenters. The number of nitrogens with one attached hydrogen (secondary N) is 1. The molecule has 0 fully saturated rings. The van der Waals surface area contributed by atoms with Crippen LogP contribution >= 0.6 is 11.6 Å². The van der Waals surface area contributed by atoms with E-state index in [1.807, 2.05) is 42.5 Å². The van der Waals surface area contributed by atoms with Crippen LogP contribution in [0.4, 0.5) is 0 Å². The zero-order valence-electron chi connectivity index (χ0n) is 15.1. The van der Waals surface area contributed by atoms with Crippen molar-refractivity contribution < 1.29 is 9.15 Å². The van der Waals surface area contributed by atoms with Gasteiger partial charge in [0.05, 0.1) is 6.61 Å². The molecule has 0 saturated carbocycles. The number of benzene rings is 3. The maximum Gasteiger partial charge on any atom is 0.139 e. The van der Waals surface area contributed by atoms with E-state index in [4.69, 9.17) is 20.8 Å². The van der Waals surface area contributed by atoms with E-state index in [9.17, 15) is 0 Å². The summed E-state index contributed by atoms with van der Waals surface area (Å²) >= 11 is 6.04. The fourth-order valence-electron chi connectivity index (χ4n) is 3.19. The van der Waals surface area contributed by atoms with Crippen molar-refractivity contribution in [2.75, 3.05) is 13.2 Å². The first-order chi connectivity index (χ1) is 13.3. The van der Waals surface area contributed by atoms with Crippen molar-refractivity contribution in [2.45, 2.75) is 19.4 Å². The van der Waals surface area contributed by atoms with E-state index in [1.54, 1.807) is 0 Å². The molecule has 3 nitrogen and oxygen atoms in total. The van der Waals surface area contributed by atoms with Crippen LogP contribution in [0.5, 0.6) is 5.75 Å². The van der Waals surface area contributed by atoms with Crippen molar-refractivity contribution in [3.63, 3.8) is 0 Å². The van der Waals surface area contributed by atoms with Crippen molar-refractivity contribution in [2.24, 2.45) is 0 Å². The number of hydrogen-bond acceptors (Lipinski definition) is 3. The highest BCUT2D eigenvalue weighted by molar-refractivity contribution is 6.31. The zero-order valence-corrected chi connectivity index (χ0v) is 15.8. The van der Waals surface area contributed by atoms with Crippen molar-refractivity contribution in [3.8, 4) is 5.75 Å². The molecule has 27 heavy (non-hydrogen) atoms. The Morgan fingerprint density at radius 3 is 2.48 bits per heavy atom. The third-order valence-electron chi connectivity index (χ3n) is 4.60. The first kappa shape index (κ1) is 17.9. The molecule has 0 aliphatic heterocycles. The van der Waals surface area contributed by atoms with E-state index in [2.05, 4.69) is 29.6 Å². The molecule has 4 aromatic rings. The molecule has 0 bridgehead atoms. The fraction of sp³-hybridized carbons (Fsp3) is 0.217. The maximum absolute atomic E-state index is 6.04. The number of ether oxygens (including phenoxy) is 1. The molecule has 0 atom stereocenters. The van der Waals surface area contributed by atoms with Crippen LogP contribution in [0.1, 0.15) is 18.4 Å². The maximum atomic E-state index is 6.04. The topological polar surface area (TPSA) is 34.4 Å². The van der Waals surface area contributed by atoms with Gasteiger partial charge in [0.25, 0.3) is 0 Å². The Morgan fingerprint density at radius 2 is 1.63 bits per heavy atom. The normalized spacial score (nSPS) is 11.3. The Kier molecular flexibility index (Phi) is 5.61. The molecule has 0 radical (unpaired) electrons. The second kappa shape index (κ2) is 8.47. The summed E-state index contributed by atoms with van der Waals surface area (Å²) in [6, 6.07) is 22.2. The van der Waals surface area contributed by atoms with Gasteiger partial charge >= 0.3 is 0 Å². The first-order valence-electron chi connectivity index (χ1n) is 9.29. The van der Waals surface area contributed by atoms with Gasteiger partial charge in [-0.2, -0.15) is 0 Å². The Hall–Kier alpha value is -2.49. The van der Waals surface area contributed by atoms with Gasteiger partial charge in [-0.25, -0.2) is 0 Å². The number of furan rings is 1. The highest BCUT2D eigenvalue weighted by Gasteiger charge is 2.08. The van der Waals surface area contributed by atoms with E-state index in [1.165, 1.54) is 5.56 Å². The van der Waals surface area contributed by atoms with Gasteiger partial charge in [0, 0.05) is 34.5 Å². The van der Waals surface area contributed by atoms with E-state index in [-0.39, 0.29) is 0 Å². The summed E-state index contributed by atoms with van der Waals surface area (Å²) < 4.78 is 11.8. The summed E-state index contributed by atoms with van der Waals surface area (Å²) in [6.45, 7) is 2.60. The van der Waals surface area contributed by atoms with Crippen LogP contribution in [0.15, 0.2) is 71.1 Å². The van der Waals surface area contributed by atoms with Crippen LogP contribution < -0.4 is 10.1 Å². The second-order valence-corrected chi connectivity index (χ2v) is 7.05. The third kappa shape index (κ3) is 4.44. The third-order valence-corrected chi connectivity index (χ3v) is 4.83. The summed E-state index contributed by atoms with van der Waals surface area (Å²) in [4.78, 5) is 0. The molecule has 0 aliphatic rings. The monoisotopic (exact) mass is 379 g/mol. The lowest BCUT2D eigenvalue weighted by molar-refractivity contribution is 0.306. The van der Waals surface area contributed by atoms with Crippen molar-refractivity contribution in [1.82, 2.24) is 5.32 Å². The van der Waals surface area contributed by atoms with Gasteiger partial charge in [0.1, 0.15) is 16.9 Å². The molecule has 0 aliphatic carbocycles. The van der Waals surface area contributed by atoms with Crippen LogP contribution in [0.3, 0.4) is 0 Å². The predicted molar refractivity (Wildman–Crippen MR) is 112 cm³/mol. The largest absolute Gasteiger partial charge is 0.493 e. The van der Waals surface area contributed by atoms with Gasteiger partial charge in [0.15, 0.2) is 0 Å². The molecule has 0 amide bonds. The average Bonchev–Trinajstić information content (AvgIpc) is 3.04. The van der Waals surface area contributed by atoms with E-state index in [0.29, 0.717) is 11.6 Å². The van der Waals surface area contributed by atoms with Gasteiger partial charge in [0.2, 0.25) is 0 Å². The number of hydrogen-bond donors (Lipinski definition) is 1. The molecule has 138 valence electrons. The summed E-state index contributed by atoms with van der Waals surface area (Å²) in [6.07, 6.45) is 2.09. The summed E-state index contributed by atoms with van der Waals surface area (Å²) in [5.41, 5.74) is 2.95. The van der Waals surface area contributed by atoms with E-state index < -0.39 is 0 Å². The lowest BCUT2D eigenvalue weighted by Crippen LogP contribution is -2.15. The molecule has 0 saturated heterocycles. The quantitative estimate of drug-likeness (QED) is 0.371. The van der Waals surface area contributed by atoms with Crippen LogP contribution in [0, 0.1) is 0 Å². The van der Waals surface area contributed by atoms with Crippen molar-refractivity contribution in [1.29, 1.82) is 0 Å². The lowest BCUT2D eigenvalue weighted by Gasteiger charge is -2.07. The summed E-state index contributed by atoms with van der Waals surface area (Å²) in [5.74, 6) is 0.838. The molecule has 4 rings (SSSR count). The number of unbranched alkanes of at least 4 members (excludes halogenated alkanes) is 1. The highest BCUT2D eigenvalue weighted by atomic mass is 35.5. The number of rotatable bonds is 8. The van der Waals surface area contributed by atoms with E-state index >= 15 is 0 Å².